The van der Waals surface area contributed by atoms with Crippen molar-refractivity contribution in [2.45, 2.75) is 13.8 Å². The summed E-state index contributed by atoms with van der Waals surface area (Å²) in [4.78, 5) is 4.19. The highest BCUT2D eigenvalue weighted by atomic mass is 79.9. The molecule has 4 nitrogen and oxygen atoms in total. The second-order valence-corrected chi connectivity index (χ2v) is 5.78. The maximum atomic E-state index is 13.4. The van der Waals surface area contributed by atoms with Crippen LogP contribution in [-0.2, 0) is 0 Å². The lowest BCUT2D eigenvalue weighted by molar-refractivity contribution is 0.260. The van der Waals surface area contributed by atoms with Crippen molar-refractivity contribution in [3.63, 3.8) is 0 Å². The normalized spacial score (nSPS) is 10.7. The SMILES string of the molecule is CC(C)COc1nc(Oc2ccc(Br)c(F)c2)ccc1N. The molecule has 2 rings (SSSR count). The largest absolute Gasteiger partial charge is 0.476 e. The topological polar surface area (TPSA) is 57.4 Å². The molecule has 1 heterocycles. The van der Waals surface area contributed by atoms with Gasteiger partial charge in [-0.15, -0.1) is 0 Å². The fraction of sp³-hybridized carbons (Fsp3) is 0.267. The molecule has 0 atom stereocenters. The number of aromatic nitrogens is 1. The average molecular weight is 355 g/mol. The lowest BCUT2D eigenvalue weighted by Crippen LogP contribution is -2.07. The molecule has 0 amide bonds. The van der Waals surface area contributed by atoms with Crippen LogP contribution in [0.25, 0.3) is 0 Å². The van der Waals surface area contributed by atoms with E-state index in [2.05, 4.69) is 20.9 Å². The predicted molar refractivity (Wildman–Crippen MR) is 83.2 cm³/mol. The summed E-state index contributed by atoms with van der Waals surface area (Å²) in [6, 6.07) is 7.74. The summed E-state index contributed by atoms with van der Waals surface area (Å²) in [6.07, 6.45) is 0. The van der Waals surface area contributed by atoms with Gasteiger partial charge in [0.15, 0.2) is 0 Å². The molecule has 0 aliphatic heterocycles. The number of benzene rings is 1. The Kier molecular flexibility index (Phi) is 5.01. The van der Waals surface area contributed by atoms with Gasteiger partial charge in [-0.1, -0.05) is 13.8 Å². The van der Waals surface area contributed by atoms with Crippen molar-refractivity contribution in [1.82, 2.24) is 4.98 Å². The van der Waals surface area contributed by atoms with E-state index in [0.29, 0.717) is 40.2 Å². The third kappa shape index (κ3) is 4.32. The first-order chi connectivity index (χ1) is 9.95. The molecule has 6 heteroatoms. The van der Waals surface area contributed by atoms with Crippen molar-refractivity contribution >= 4 is 21.6 Å². The number of pyridine rings is 1. The number of rotatable bonds is 5. The number of hydrogen-bond donors (Lipinski definition) is 1. The number of ether oxygens (including phenoxy) is 2. The zero-order chi connectivity index (χ0) is 15.4. The van der Waals surface area contributed by atoms with Crippen LogP contribution in [0.5, 0.6) is 17.5 Å². The molecule has 1 aromatic carbocycles. The van der Waals surface area contributed by atoms with Crippen molar-refractivity contribution in [1.29, 1.82) is 0 Å². The third-order valence-corrected chi connectivity index (χ3v) is 3.17. The number of hydrogen-bond acceptors (Lipinski definition) is 4. The first kappa shape index (κ1) is 15.6. The van der Waals surface area contributed by atoms with E-state index in [4.69, 9.17) is 15.2 Å². The number of nitrogens with zero attached hydrogens (tertiary/aromatic N) is 1. The quantitative estimate of drug-likeness (QED) is 0.864. The Morgan fingerprint density at radius 2 is 2.05 bits per heavy atom. The maximum Gasteiger partial charge on any atom is 0.240 e. The van der Waals surface area contributed by atoms with Crippen molar-refractivity contribution in [2.24, 2.45) is 5.92 Å². The molecule has 0 saturated heterocycles. The van der Waals surface area contributed by atoms with Gasteiger partial charge >= 0.3 is 0 Å². The zero-order valence-electron chi connectivity index (χ0n) is 11.8. The fourth-order valence-electron chi connectivity index (χ4n) is 1.51. The second kappa shape index (κ2) is 6.76. The summed E-state index contributed by atoms with van der Waals surface area (Å²) in [5, 5.41) is 0. The van der Waals surface area contributed by atoms with E-state index in [1.165, 1.54) is 6.07 Å². The molecule has 0 fully saturated rings. The molecule has 0 radical (unpaired) electrons. The Balaban J connectivity index is 2.16. The number of anilines is 1. The Morgan fingerprint density at radius 1 is 1.29 bits per heavy atom. The van der Waals surface area contributed by atoms with Crippen molar-refractivity contribution in [2.75, 3.05) is 12.3 Å². The summed E-state index contributed by atoms with van der Waals surface area (Å²) in [5.41, 5.74) is 6.24. The van der Waals surface area contributed by atoms with Crippen LogP contribution in [0.2, 0.25) is 0 Å². The molecule has 0 saturated carbocycles. The van der Waals surface area contributed by atoms with Gasteiger partial charge < -0.3 is 15.2 Å². The Hall–Kier alpha value is -1.82. The van der Waals surface area contributed by atoms with Crippen LogP contribution in [0.3, 0.4) is 0 Å². The standard InChI is InChI=1S/C15H16BrFN2O2/c1-9(2)8-20-15-13(18)5-6-14(19-15)21-10-3-4-11(16)12(17)7-10/h3-7,9H,8,18H2,1-2H3. The summed E-state index contributed by atoms with van der Waals surface area (Å²) >= 11 is 3.09. The van der Waals surface area contributed by atoms with Crippen LogP contribution in [0.15, 0.2) is 34.8 Å². The highest BCUT2D eigenvalue weighted by molar-refractivity contribution is 9.10. The smallest absolute Gasteiger partial charge is 0.240 e. The van der Waals surface area contributed by atoms with E-state index in [1.807, 2.05) is 13.8 Å². The van der Waals surface area contributed by atoms with E-state index in [0.717, 1.165) is 0 Å². The van der Waals surface area contributed by atoms with E-state index in [1.54, 1.807) is 24.3 Å². The van der Waals surface area contributed by atoms with Gasteiger partial charge in [-0.3, -0.25) is 0 Å². The molecule has 0 unspecified atom stereocenters. The first-order valence-corrected chi connectivity index (χ1v) is 7.27. The minimum Gasteiger partial charge on any atom is -0.476 e. The molecular weight excluding hydrogens is 339 g/mol. The summed E-state index contributed by atoms with van der Waals surface area (Å²) < 4.78 is 24.8. The van der Waals surface area contributed by atoms with E-state index in [9.17, 15) is 4.39 Å². The van der Waals surface area contributed by atoms with Crippen molar-refractivity contribution in [3.8, 4) is 17.5 Å². The summed E-state index contributed by atoms with van der Waals surface area (Å²) in [6.45, 7) is 4.57. The Bertz CT molecular complexity index is 635. The molecule has 0 bridgehead atoms. The summed E-state index contributed by atoms with van der Waals surface area (Å²) in [7, 11) is 0. The molecule has 112 valence electrons. The molecule has 2 N–H and O–H groups in total. The highest BCUT2D eigenvalue weighted by Gasteiger charge is 2.08. The fourth-order valence-corrected chi connectivity index (χ4v) is 1.76. The minimum atomic E-state index is -0.403. The monoisotopic (exact) mass is 354 g/mol. The van der Waals surface area contributed by atoms with Crippen LogP contribution in [0.1, 0.15) is 13.8 Å². The van der Waals surface area contributed by atoms with Gasteiger partial charge in [0.25, 0.3) is 0 Å². The molecule has 1 aromatic heterocycles. The molecule has 0 aliphatic rings. The molecule has 2 aromatic rings. The minimum absolute atomic E-state index is 0.296. The molecular formula is C15H16BrFN2O2. The van der Waals surface area contributed by atoms with Gasteiger partial charge in [0, 0.05) is 12.1 Å². The first-order valence-electron chi connectivity index (χ1n) is 6.48. The predicted octanol–water partition coefficient (Wildman–Crippen LogP) is 4.39. The van der Waals surface area contributed by atoms with E-state index >= 15 is 0 Å². The maximum absolute atomic E-state index is 13.4. The van der Waals surface area contributed by atoms with Gasteiger partial charge in [-0.2, -0.15) is 4.98 Å². The number of nitrogens with two attached hydrogens (primary N) is 1. The van der Waals surface area contributed by atoms with E-state index in [-0.39, 0.29) is 0 Å². The van der Waals surface area contributed by atoms with Crippen molar-refractivity contribution in [3.05, 3.63) is 40.6 Å². The second-order valence-electron chi connectivity index (χ2n) is 4.93. The highest BCUT2D eigenvalue weighted by Crippen LogP contribution is 2.28. The Morgan fingerprint density at radius 3 is 2.71 bits per heavy atom. The third-order valence-electron chi connectivity index (χ3n) is 2.53. The van der Waals surface area contributed by atoms with Crippen LogP contribution >= 0.6 is 15.9 Å². The zero-order valence-corrected chi connectivity index (χ0v) is 13.4. The summed E-state index contributed by atoms with van der Waals surface area (Å²) in [5.74, 6) is 0.918. The van der Waals surface area contributed by atoms with Gasteiger partial charge in [-0.25, -0.2) is 4.39 Å². The van der Waals surface area contributed by atoms with Gasteiger partial charge in [-0.05, 0) is 40.0 Å². The molecule has 0 spiro atoms. The molecule has 21 heavy (non-hydrogen) atoms. The lowest BCUT2D eigenvalue weighted by atomic mass is 10.2. The average Bonchev–Trinajstić information content (AvgIpc) is 2.43. The molecule has 0 aliphatic carbocycles. The van der Waals surface area contributed by atoms with Gasteiger partial charge in [0.05, 0.1) is 16.8 Å². The van der Waals surface area contributed by atoms with Crippen LogP contribution in [0, 0.1) is 11.7 Å². The van der Waals surface area contributed by atoms with E-state index < -0.39 is 5.82 Å². The van der Waals surface area contributed by atoms with Gasteiger partial charge in [0.2, 0.25) is 11.8 Å². The van der Waals surface area contributed by atoms with Crippen LogP contribution in [-0.4, -0.2) is 11.6 Å². The number of nitrogen functional groups attached to an aromatic ring is 1. The van der Waals surface area contributed by atoms with Crippen LogP contribution in [0.4, 0.5) is 10.1 Å². The van der Waals surface area contributed by atoms with Gasteiger partial charge in [0.1, 0.15) is 11.6 Å². The Labute approximate surface area is 131 Å². The van der Waals surface area contributed by atoms with Crippen molar-refractivity contribution < 1.29 is 13.9 Å². The lowest BCUT2D eigenvalue weighted by Gasteiger charge is -2.11. The number of halogens is 2. The van der Waals surface area contributed by atoms with Crippen LogP contribution < -0.4 is 15.2 Å².